The van der Waals surface area contributed by atoms with Crippen molar-refractivity contribution in [1.29, 1.82) is 0 Å². The summed E-state index contributed by atoms with van der Waals surface area (Å²) in [6, 6.07) is 8.65. The summed E-state index contributed by atoms with van der Waals surface area (Å²) in [5.41, 5.74) is 0.417. The highest BCUT2D eigenvalue weighted by Gasteiger charge is 2.14. The summed E-state index contributed by atoms with van der Waals surface area (Å²) < 4.78 is 4.83. The van der Waals surface area contributed by atoms with Gasteiger partial charge in [-0.1, -0.05) is 46.4 Å². The molecule has 0 spiro atoms. The van der Waals surface area contributed by atoms with Crippen LogP contribution in [0.5, 0.6) is 0 Å². The zero-order chi connectivity index (χ0) is 19.3. The molecular weight excluding hydrogens is 424 g/mol. The lowest BCUT2D eigenvalue weighted by Crippen LogP contribution is -2.31. The summed E-state index contributed by atoms with van der Waals surface area (Å²) in [4.78, 5) is 35.6. The molecule has 2 rings (SSSR count). The van der Waals surface area contributed by atoms with Gasteiger partial charge in [0, 0.05) is 10.6 Å². The van der Waals surface area contributed by atoms with Crippen LogP contribution in [0.25, 0.3) is 0 Å². The normalized spacial score (nSPS) is 10.3. The minimum atomic E-state index is -0.781. The van der Waals surface area contributed by atoms with Crippen molar-refractivity contribution in [2.24, 2.45) is 0 Å². The van der Waals surface area contributed by atoms with Crippen molar-refractivity contribution in [2.75, 3.05) is 13.2 Å². The van der Waals surface area contributed by atoms with Gasteiger partial charge in [0.15, 0.2) is 12.4 Å². The molecule has 0 bridgehead atoms. The summed E-state index contributed by atoms with van der Waals surface area (Å²) in [6.07, 6.45) is 0. The second-order valence-corrected chi connectivity index (χ2v) is 6.68. The molecule has 0 aliphatic heterocycles. The lowest BCUT2D eigenvalue weighted by atomic mass is 10.1. The molecule has 5 nitrogen and oxygen atoms in total. The third-order valence-corrected chi connectivity index (χ3v) is 4.46. The van der Waals surface area contributed by atoms with Gasteiger partial charge in [-0.2, -0.15) is 0 Å². The molecule has 0 fully saturated rings. The lowest BCUT2D eigenvalue weighted by Gasteiger charge is -2.08. The molecule has 2 aromatic rings. The number of halogens is 4. The number of esters is 1. The average molecular weight is 435 g/mol. The van der Waals surface area contributed by atoms with Crippen LogP contribution in [0, 0.1) is 0 Å². The second kappa shape index (κ2) is 9.24. The van der Waals surface area contributed by atoms with Gasteiger partial charge >= 0.3 is 5.97 Å². The van der Waals surface area contributed by atoms with E-state index in [0.29, 0.717) is 10.0 Å². The number of rotatable bonds is 6. The number of ether oxygens (including phenoxy) is 1. The molecule has 0 aromatic heterocycles. The first kappa shape index (κ1) is 20.5. The van der Waals surface area contributed by atoms with Gasteiger partial charge < -0.3 is 10.1 Å². The standard InChI is InChI=1S/C17H11Cl4NO4/c18-10-2-3-11(13(20)6-10)17(25)22-7-16(24)26-8-15(23)9-1-4-12(19)14(21)5-9/h1-6H,7-8H2,(H,22,25). The van der Waals surface area contributed by atoms with Gasteiger partial charge in [-0.15, -0.1) is 0 Å². The highest BCUT2D eigenvalue weighted by Crippen LogP contribution is 2.23. The van der Waals surface area contributed by atoms with E-state index in [0.717, 1.165) is 0 Å². The molecule has 1 N–H and O–H groups in total. The molecule has 1 amide bonds. The molecule has 0 aliphatic rings. The Balaban J connectivity index is 1.84. The zero-order valence-corrected chi connectivity index (χ0v) is 16.0. The van der Waals surface area contributed by atoms with Crippen LogP contribution in [0.3, 0.4) is 0 Å². The van der Waals surface area contributed by atoms with E-state index in [1.54, 1.807) is 0 Å². The molecule has 0 atom stereocenters. The predicted molar refractivity (Wildman–Crippen MR) is 101 cm³/mol. The van der Waals surface area contributed by atoms with E-state index >= 15 is 0 Å². The highest BCUT2D eigenvalue weighted by atomic mass is 35.5. The van der Waals surface area contributed by atoms with Gasteiger partial charge in [0.1, 0.15) is 6.54 Å². The number of nitrogens with one attached hydrogen (secondary N) is 1. The SMILES string of the molecule is O=C(CNC(=O)c1ccc(Cl)cc1Cl)OCC(=O)c1ccc(Cl)c(Cl)c1. The largest absolute Gasteiger partial charge is 0.456 e. The van der Waals surface area contributed by atoms with Crippen LogP contribution >= 0.6 is 46.4 Å². The molecular formula is C17H11Cl4NO4. The molecule has 26 heavy (non-hydrogen) atoms. The first-order chi connectivity index (χ1) is 12.3. The van der Waals surface area contributed by atoms with E-state index in [1.807, 2.05) is 0 Å². The number of hydrogen-bond acceptors (Lipinski definition) is 4. The first-order valence-electron chi connectivity index (χ1n) is 7.15. The number of carbonyl (C=O) groups excluding carboxylic acids is 3. The van der Waals surface area contributed by atoms with Crippen molar-refractivity contribution in [3.8, 4) is 0 Å². The van der Waals surface area contributed by atoms with Gasteiger partial charge in [-0.05, 0) is 36.4 Å². The monoisotopic (exact) mass is 433 g/mol. The Hall–Kier alpha value is -1.79. The molecule has 2 aromatic carbocycles. The number of hydrogen-bond donors (Lipinski definition) is 1. The average Bonchev–Trinajstić information content (AvgIpc) is 2.59. The maximum atomic E-state index is 12.0. The van der Waals surface area contributed by atoms with E-state index < -0.39 is 30.8 Å². The third kappa shape index (κ3) is 5.61. The Kier molecular flexibility index (Phi) is 7.29. The van der Waals surface area contributed by atoms with E-state index in [4.69, 9.17) is 51.1 Å². The number of Topliss-reactive ketones (excluding diaryl/α,β-unsaturated/α-hetero) is 1. The summed E-state index contributed by atoms with van der Waals surface area (Å²) in [6.45, 7) is -0.916. The van der Waals surface area contributed by atoms with Gasteiger partial charge in [0.2, 0.25) is 0 Å². The summed E-state index contributed by atoms with van der Waals surface area (Å²) in [7, 11) is 0. The maximum Gasteiger partial charge on any atom is 0.325 e. The molecule has 136 valence electrons. The first-order valence-corrected chi connectivity index (χ1v) is 8.66. The Labute approximate surface area is 169 Å². The number of ketones is 1. The minimum Gasteiger partial charge on any atom is -0.456 e. The van der Waals surface area contributed by atoms with E-state index in [2.05, 4.69) is 5.32 Å². The van der Waals surface area contributed by atoms with Gasteiger partial charge in [0.05, 0.1) is 20.6 Å². The van der Waals surface area contributed by atoms with Crippen LogP contribution in [-0.2, 0) is 9.53 Å². The van der Waals surface area contributed by atoms with E-state index in [9.17, 15) is 14.4 Å². The minimum absolute atomic E-state index is 0.151. The van der Waals surface area contributed by atoms with Crippen molar-refractivity contribution in [3.63, 3.8) is 0 Å². The van der Waals surface area contributed by atoms with Crippen LogP contribution in [0.4, 0.5) is 0 Å². The molecule has 0 aliphatic carbocycles. The molecule has 0 heterocycles. The summed E-state index contributed by atoms with van der Waals surface area (Å²) in [5, 5.41) is 3.41. The number of amides is 1. The molecule has 0 saturated carbocycles. The third-order valence-electron chi connectivity index (χ3n) is 3.17. The fourth-order valence-corrected chi connectivity index (χ4v) is 2.66. The van der Waals surface area contributed by atoms with Crippen LogP contribution in [0.1, 0.15) is 20.7 Å². The van der Waals surface area contributed by atoms with Gasteiger partial charge in [-0.3, -0.25) is 14.4 Å². The lowest BCUT2D eigenvalue weighted by molar-refractivity contribution is -0.141. The fourth-order valence-electron chi connectivity index (χ4n) is 1.87. The molecule has 0 unspecified atom stereocenters. The molecule has 0 radical (unpaired) electrons. The van der Waals surface area contributed by atoms with Crippen molar-refractivity contribution in [3.05, 3.63) is 67.6 Å². The highest BCUT2D eigenvalue weighted by molar-refractivity contribution is 6.42. The zero-order valence-electron chi connectivity index (χ0n) is 13.0. The van der Waals surface area contributed by atoms with Crippen molar-refractivity contribution in [2.45, 2.75) is 0 Å². The Morgan fingerprint density at radius 2 is 1.62 bits per heavy atom. The Bertz CT molecular complexity index is 870. The van der Waals surface area contributed by atoms with Crippen LogP contribution in [0.15, 0.2) is 36.4 Å². The Morgan fingerprint density at radius 1 is 0.885 bits per heavy atom. The number of benzene rings is 2. The second-order valence-electron chi connectivity index (χ2n) is 5.02. The van der Waals surface area contributed by atoms with E-state index in [-0.39, 0.29) is 21.2 Å². The molecule has 9 heteroatoms. The quantitative estimate of drug-likeness (QED) is 0.538. The van der Waals surface area contributed by atoms with Crippen molar-refractivity contribution >= 4 is 64.1 Å². The van der Waals surface area contributed by atoms with Crippen LogP contribution in [0.2, 0.25) is 20.1 Å². The van der Waals surface area contributed by atoms with Crippen LogP contribution < -0.4 is 5.32 Å². The van der Waals surface area contributed by atoms with Crippen molar-refractivity contribution in [1.82, 2.24) is 5.32 Å². The summed E-state index contributed by atoms with van der Waals surface area (Å²) in [5.74, 6) is -1.81. The Morgan fingerprint density at radius 3 is 2.27 bits per heavy atom. The topological polar surface area (TPSA) is 72.5 Å². The van der Waals surface area contributed by atoms with Crippen molar-refractivity contribution < 1.29 is 19.1 Å². The smallest absolute Gasteiger partial charge is 0.325 e. The molecule has 0 saturated heterocycles. The maximum absolute atomic E-state index is 12.0. The van der Waals surface area contributed by atoms with E-state index in [1.165, 1.54) is 36.4 Å². The fraction of sp³-hybridized carbons (Fsp3) is 0.118. The van der Waals surface area contributed by atoms with Gasteiger partial charge in [-0.25, -0.2) is 0 Å². The summed E-state index contributed by atoms with van der Waals surface area (Å²) >= 11 is 23.3. The van der Waals surface area contributed by atoms with Crippen LogP contribution in [-0.4, -0.2) is 30.8 Å². The van der Waals surface area contributed by atoms with Gasteiger partial charge in [0.25, 0.3) is 5.91 Å². The predicted octanol–water partition coefficient (Wildman–Crippen LogP) is 4.46. The number of carbonyl (C=O) groups is 3.